The third kappa shape index (κ3) is 6.15. The zero-order chi connectivity index (χ0) is 26.5. The van der Waals surface area contributed by atoms with E-state index in [4.69, 9.17) is 0 Å². The van der Waals surface area contributed by atoms with Crippen molar-refractivity contribution in [3.8, 4) is 0 Å². The molecule has 0 unspecified atom stereocenters. The molecule has 1 N–H and O–H groups in total. The molecule has 0 spiro atoms. The molecule has 1 fully saturated rings. The van der Waals surface area contributed by atoms with Gasteiger partial charge < -0.3 is 10.0 Å². The van der Waals surface area contributed by atoms with Gasteiger partial charge in [-0.1, -0.05) is 54.6 Å². The van der Waals surface area contributed by atoms with Crippen molar-refractivity contribution in [2.45, 2.75) is 31.8 Å². The lowest BCUT2D eigenvalue weighted by Gasteiger charge is -2.31. The Labute approximate surface area is 226 Å². The molecule has 1 aliphatic rings. The van der Waals surface area contributed by atoms with Gasteiger partial charge in [0.1, 0.15) is 0 Å². The Bertz CT molecular complexity index is 1400. The van der Waals surface area contributed by atoms with Gasteiger partial charge >= 0.3 is 0 Å². The average molecular weight is 524 g/mol. The van der Waals surface area contributed by atoms with Gasteiger partial charge in [0.2, 0.25) is 0 Å². The van der Waals surface area contributed by atoms with Crippen LogP contribution in [0.2, 0.25) is 0 Å². The van der Waals surface area contributed by atoms with Gasteiger partial charge in [-0.2, -0.15) is 0 Å². The molecule has 1 aliphatic heterocycles. The number of carbonyl (C=O) groups excluding carboxylic acids is 3. The third-order valence-corrected chi connectivity index (χ3v) is 7.89. The lowest BCUT2D eigenvalue weighted by atomic mass is 9.97. The van der Waals surface area contributed by atoms with Crippen LogP contribution in [-0.4, -0.2) is 41.6 Å². The highest BCUT2D eigenvalue weighted by molar-refractivity contribution is 7.12. The first-order chi connectivity index (χ1) is 18.5. The van der Waals surface area contributed by atoms with Crippen LogP contribution in [0.25, 0.3) is 0 Å². The number of hydrogen-bond donors (Lipinski definition) is 1. The number of carbonyl (C=O) groups is 3. The summed E-state index contributed by atoms with van der Waals surface area (Å²) in [4.78, 5) is 41.1. The fourth-order valence-electron chi connectivity index (χ4n) is 4.69. The smallest absolute Gasteiger partial charge is 0.193 e. The van der Waals surface area contributed by atoms with E-state index in [9.17, 15) is 19.5 Å². The first-order valence-corrected chi connectivity index (χ1v) is 13.7. The Hall–Kier alpha value is -3.87. The maximum Gasteiger partial charge on any atom is 0.193 e. The van der Waals surface area contributed by atoms with Crippen molar-refractivity contribution in [1.82, 2.24) is 0 Å². The van der Waals surface area contributed by atoms with Crippen LogP contribution < -0.4 is 4.90 Å². The van der Waals surface area contributed by atoms with Crippen LogP contribution in [0.4, 0.5) is 5.69 Å². The quantitative estimate of drug-likeness (QED) is 0.281. The van der Waals surface area contributed by atoms with E-state index >= 15 is 0 Å². The predicted molar refractivity (Wildman–Crippen MR) is 151 cm³/mol. The second-order valence-corrected chi connectivity index (χ2v) is 10.6. The molecule has 5 rings (SSSR count). The first kappa shape index (κ1) is 25.8. The second-order valence-electron chi connectivity index (χ2n) is 9.67. The number of thiophene rings is 1. The zero-order valence-electron chi connectivity index (χ0n) is 21.0. The van der Waals surface area contributed by atoms with Crippen LogP contribution in [0.15, 0.2) is 90.3 Å². The summed E-state index contributed by atoms with van der Waals surface area (Å²) in [5.74, 6) is 0.0000937. The lowest BCUT2D eigenvalue weighted by molar-refractivity contribution is 0.0986. The van der Waals surface area contributed by atoms with E-state index in [0.717, 1.165) is 47.6 Å². The second kappa shape index (κ2) is 11.7. The van der Waals surface area contributed by atoms with Crippen LogP contribution in [0.3, 0.4) is 0 Å². The van der Waals surface area contributed by atoms with E-state index < -0.39 is 0 Å². The standard InChI is InChI=1S/C32H29NO4S/c34-28-15-17-33(18-16-28)27-13-11-24(12-14-27)29(35)20-22-3-7-25(8-4-22)32(37)26-9-5-23(6-10-26)21-30(36)31-2-1-19-38-31/h1-14,19,28,34H,15-18,20-21H2. The summed E-state index contributed by atoms with van der Waals surface area (Å²) in [5.41, 5.74) is 4.56. The maximum atomic E-state index is 13.0. The number of Topliss-reactive ketones (excluding diaryl/α,β-unsaturated/α-hetero) is 2. The van der Waals surface area contributed by atoms with Crippen LogP contribution in [0, 0.1) is 0 Å². The topological polar surface area (TPSA) is 74.7 Å². The Morgan fingerprint density at radius 1 is 0.711 bits per heavy atom. The lowest BCUT2D eigenvalue weighted by Crippen LogP contribution is -2.35. The molecule has 4 aromatic rings. The fourth-order valence-corrected chi connectivity index (χ4v) is 5.36. The molecule has 1 aromatic heterocycles. The van der Waals surface area contributed by atoms with Crippen molar-refractivity contribution in [2.75, 3.05) is 18.0 Å². The monoisotopic (exact) mass is 523 g/mol. The average Bonchev–Trinajstić information content (AvgIpc) is 3.50. The summed E-state index contributed by atoms with van der Waals surface area (Å²) >= 11 is 1.43. The van der Waals surface area contributed by atoms with E-state index in [2.05, 4.69) is 4.90 Å². The Balaban J connectivity index is 1.17. The number of rotatable bonds is 9. The third-order valence-electron chi connectivity index (χ3n) is 6.98. The zero-order valence-corrected chi connectivity index (χ0v) is 21.8. The van der Waals surface area contributed by atoms with Crippen LogP contribution in [-0.2, 0) is 12.8 Å². The van der Waals surface area contributed by atoms with Crippen LogP contribution in [0.5, 0.6) is 0 Å². The minimum atomic E-state index is -0.215. The minimum absolute atomic E-state index is 0.0253. The Kier molecular flexibility index (Phi) is 7.91. The number of anilines is 1. The maximum absolute atomic E-state index is 13.0. The van der Waals surface area contributed by atoms with Gasteiger partial charge in [0.25, 0.3) is 0 Å². The highest BCUT2D eigenvalue weighted by Gasteiger charge is 2.18. The molecule has 3 aromatic carbocycles. The van der Waals surface area contributed by atoms with Crippen molar-refractivity contribution >= 4 is 34.4 Å². The van der Waals surface area contributed by atoms with E-state index in [-0.39, 0.29) is 29.9 Å². The molecule has 6 heteroatoms. The summed E-state index contributed by atoms with van der Waals surface area (Å²) in [7, 11) is 0. The Morgan fingerprint density at radius 3 is 1.76 bits per heavy atom. The number of hydrogen-bond acceptors (Lipinski definition) is 6. The van der Waals surface area contributed by atoms with Gasteiger partial charge in [0.05, 0.1) is 11.0 Å². The molecule has 1 saturated heterocycles. The van der Waals surface area contributed by atoms with Gasteiger partial charge in [-0.25, -0.2) is 0 Å². The molecule has 0 bridgehead atoms. The van der Waals surface area contributed by atoms with Gasteiger partial charge in [-0.05, 0) is 59.7 Å². The number of ketones is 3. The fraction of sp³-hybridized carbons (Fsp3) is 0.219. The summed E-state index contributed by atoms with van der Waals surface area (Å²) in [5, 5.41) is 11.6. The molecule has 5 nitrogen and oxygen atoms in total. The van der Waals surface area contributed by atoms with Gasteiger partial charge in [0, 0.05) is 48.3 Å². The molecular weight excluding hydrogens is 494 g/mol. The summed E-state index contributed by atoms with van der Waals surface area (Å²) in [6.07, 6.45) is 1.88. The van der Waals surface area contributed by atoms with Gasteiger partial charge in [0.15, 0.2) is 17.3 Å². The predicted octanol–water partition coefficient (Wildman–Crippen LogP) is 5.79. The molecule has 192 valence electrons. The molecule has 38 heavy (non-hydrogen) atoms. The molecule has 0 saturated carbocycles. The number of nitrogens with zero attached hydrogens (tertiary/aromatic N) is 1. The first-order valence-electron chi connectivity index (χ1n) is 12.8. The number of aliphatic hydroxyl groups excluding tert-OH is 1. The van der Waals surface area contributed by atoms with Crippen molar-refractivity contribution in [2.24, 2.45) is 0 Å². The summed E-state index contributed by atoms with van der Waals surface area (Å²) in [6.45, 7) is 1.64. The van der Waals surface area contributed by atoms with Crippen LogP contribution in [0.1, 0.15) is 59.9 Å². The molecule has 0 aliphatic carbocycles. The summed E-state index contributed by atoms with van der Waals surface area (Å²) in [6, 6.07) is 25.7. The molecule has 0 amide bonds. The van der Waals surface area contributed by atoms with Crippen molar-refractivity contribution in [3.05, 3.63) is 123 Å². The van der Waals surface area contributed by atoms with Gasteiger partial charge in [-0.15, -0.1) is 11.3 Å². The number of benzene rings is 3. The summed E-state index contributed by atoms with van der Waals surface area (Å²) < 4.78 is 0. The highest BCUT2D eigenvalue weighted by Crippen LogP contribution is 2.22. The molecular formula is C32H29NO4S. The number of piperidine rings is 1. The highest BCUT2D eigenvalue weighted by atomic mass is 32.1. The van der Waals surface area contributed by atoms with E-state index in [0.29, 0.717) is 23.1 Å². The van der Waals surface area contributed by atoms with Crippen LogP contribution >= 0.6 is 11.3 Å². The largest absolute Gasteiger partial charge is 0.393 e. The minimum Gasteiger partial charge on any atom is -0.393 e. The van der Waals surface area contributed by atoms with Gasteiger partial charge in [-0.3, -0.25) is 14.4 Å². The van der Waals surface area contributed by atoms with Crippen molar-refractivity contribution in [1.29, 1.82) is 0 Å². The van der Waals surface area contributed by atoms with E-state index in [1.165, 1.54) is 11.3 Å². The van der Waals surface area contributed by atoms with Crippen molar-refractivity contribution in [3.63, 3.8) is 0 Å². The van der Waals surface area contributed by atoms with E-state index in [1.54, 1.807) is 24.3 Å². The SMILES string of the molecule is O=C(Cc1ccc(C(=O)c2ccc(CC(=O)c3cccs3)cc2)cc1)c1ccc(N2CCC(O)CC2)cc1. The molecule has 0 radical (unpaired) electrons. The molecule has 0 atom stereocenters. The van der Waals surface area contributed by atoms with Crippen molar-refractivity contribution < 1.29 is 19.5 Å². The molecule has 2 heterocycles. The van der Waals surface area contributed by atoms with E-state index in [1.807, 2.05) is 66.0 Å². The number of aliphatic hydroxyl groups is 1. The Morgan fingerprint density at radius 2 is 1.24 bits per heavy atom. The normalized spacial score (nSPS) is 13.9.